The van der Waals surface area contributed by atoms with Gasteiger partial charge in [-0.1, -0.05) is 6.42 Å². The molecule has 1 amide bonds. The molecule has 0 bridgehead atoms. The van der Waals surface area contributed by atoms with Crippen LogP contribution in [0, 0.1) is 5.82 Å². The smallest absolute Gasteiger partial charge is 0.262 e. The van der Waals surface area contributed by atoms with Crippen LogP contribution in [-0.2, 0) is 14.8 Å². The van der Waals surface area contributed by atoms with Gasteiger partial charge in [-0.2, -0.15) is 4.31 Å². The van der Waals surface area contributed by atoms with Crippen molar-refractivity contribution in [1.82, 2.24) is 4.31 Å². The SMILES string of the molecule is CCN(CC)c1ccc(S(=O)(=O)N2CCCCC2)cc1NC(=O)COc1ccc(F)cc1. The molecule has 1 saturated heterocycles. The van der Waals surface area contributed by atoms with Gasteiger partial charge in [-0.05, 0) is 69.2 Å². The summed E-state index contributed by atoms with van der Waals surface area (Å²) in [6.07, 6.45) is 2.73. The largest absolute Gasteiger partial charge is 0.484 e. The fourth-order valence-corrected chi connectivity index (χ4v) is 5.28. The van der Waals surface area contributed by atoms with Gasteiger partial charge in [0.2, 0.25) is 10.0 Å². The summed E-state index contributed by atoms with van der Waals surface area (Å²) in [5.74, 6) is -0.459. The Bertz CT molecular complexity index is 1020. The van der Waals surface area contributed by atoms with Crippen LogP contribution in [0.1, 0.15) is 33.1 Å². The Morgan fingerprint density at radius 1 is 1.06 bits per heavy atom. The number of nitrogens with zero attached hydrogens (tertiary/aromatic N) is 2. The second-order valence-electron chi connectivity index (χ2n) is 7.61. The topological polar surface area (TPSA) is 79.0 Å². The number of anilines is 2. The number of ether oxygens (including phenoxy) is 1. The Morgan fingerprint density at radius 2 is 1.72 bits per heavy atom. The van der Waals surface area contributed by atoms with E-state index in [1.165, 1.54) is 34.6 Å². The van der Waals surface area contributed by atoms with Crippen molar-refractivity contribution in [3.05, 3.63) is 48.3 Å². The van der Waals surface area contributed by atoms with E-state index in [0.29, 0.717) is 37.6 Å². The molecule has 1 fully saturated rings. The van der Waals surface area contributed by atoms with E-state index < -0.39 is 21.7 Å². The minimum atomic E-state index is -3.64. The predicted octanol–water partition coefficient (Wildman–Crippen LogP) is 3.86. The Balaban J connectivity index is 1.82. The van der Waals surface area contributed by atoms with E-state index in [4.69, 9.17) is 4.74 Å². The minimum absolute atomic E-state index is 0.157. The molecule has 0 spiro atoms. The number of halogens is 1. The van der Waals surface area contributed by atoms with Crippen LogP contribution in [0.25, 0.3) is 0 Å². The fourth-order valence-electron chi connectivity index (χ4n) is 3.74. The van der Waals surface area contributed by atoms with Gasteiger partial charge in [0.15, 0.2) is 6.61 Å². The van der Waals surface area contributed by atoms with Crippen molar-refractivity contribution in [2.24, 2.45) is 0 Å². The average Bonchev–Trinajstić information content (AvgIpc) is 2.81. The van der Waals surface area contributed by atoms with Gasteiger partial charge in [-0.3, -0.25) is 4.79 Å². The van der Waals surface area contributed by atoms with Gasteiger partial charge in [0, 0.05) is 26.2 Å². The number of carbonyl (C=O) groups excluding carboxylic acids is 1. The summed E-state index contributed by atoms with van der Waals surface area (Å²) in [6.45, 7) is 6.11. The fraction of sp³-hybridized carbons (Fsp3) is 0.435. The number of benzene rings is 2. The molecule has 1 N–H and O–H groups in total. The molecule has 0 saturated carbocycles. The van der Waals surface area contributed by atoms with E-state index in [1.807, 2.05) is 18.7 Å². The zero-order valence-electron chi connectivity index (χ0n) is 18.5. The number of hydrogen-bond acceptors (Lipinski definition) is 5. The quantitative estimate of drug-likeness (QED) is 0.611. The number of nitrogens with one attached hydrogen (secondary N) is 1. The molecule has 0 radical (unpaired) electrons. The predicted molar refractivity (Wildman–Crippen MR) is 123 cm³/mol. The van der Waals surface area contributed by atoms with Crippen molar-refractivity contribution < 1.29 is 22.3 Å². The molecule has 1 heterocycles. The average molecular weight is 464 g/mol. The van der Waals surface area contributed by atoms with Gasteiger partial charge in [-0.15, -0.1) is 0 Å². The summed E-state index contributed by atoms with van der Waals surface area (Å²) >= 11 is 0. The van der Waals surface area contributed by atoms with Gasteiger partial charge in [-0.25, -0.2) is 12.8 Å². The van der Waals surface area contributed by atoms with Crippen LogP contribution in [0.4, 0.5) is 15.8 Å². The zero-order valence-corrected chi connectivity index (χ0v) is 19.3. The lowest BCUT2D eigenvalue weighted by atomic mass is 10.2. The van der Waals surface area contributed by atoms with Gasteiger partial charge < -0.3 is 15.0 Å². The molecular formula is C23H30FN3O4S. The molecule has 1 aliphatic rings. The first kappa shape index (κ1) is 24.0. The maximum atomic E-state index is 13.1. The van der Waals surface area contributed by atoms with Gasteiger partial charge in [0.05, 0.1) is 16.3 Å². The van der Waals surface area contributed by atoms with Crippen LogP contribution in [-0.4, -0.2) is 51.4 Å². The molecule has 9 heteroatoms. The van der Waals surface area contributed by atoms with Crippen LogP contribution in [0.2, 0.25) is 0 Å². The minimum Gasteiger partial charge on any atom is -0.484 e. The van der Waals surface area contributed by atoms with Crippen LogP contribution >= 0.6 is 0 Å². The summed E-state index contributed by atoms with van der Waals surface area (Å²) in [6, 6.07) is 10.2. The normalized spacial score (nSPS) is 14.7. The highest BCUT2D eigenvalue weighted by Crippen LogP contribution is 2.31. The third-order valence-electron chi connectivity index (χ3n) is 5.48. The lowest BCUT2D eigenvalue weighted by molar-refractivity contribution is -0.118. The number of rotatable bonds is 9. The Labute approximate surface area is 189 Å². The first-order chi connectivity index (χ1) is 15.3. The van der Waals surface area contributed by atoms with Crippen molar-refractivity contribution in [3.8, 4) is 5.75 Å². The van der Waals surface area contributed by atoms with Gasteiger partial charge in [0.1, 0.15) is 11.6 Å². The van der Waals surface area contributed by atoms with E-state index in [9.17, 15) is 17.6 Å². The highest BCUT2D eigenvalue weighted by molar-refractivity contribution is 7.89. The monoisotopic (exact) mass is 463 g/mol. The lowest BCUT2D eigenvalue weighted by Gasteiger charge is -2.28. The molecular weight excluding hydrogens is 433 g/mol. The lowest BCUT2D eigenvalue weighted by Crippen LogP contribution is -2.35. The van der Waals surface area contributed by atoms with Crippen molar-refractivity contribution in [1.29, 1.82) is 0 Å². The number of amides is 1. The molecule has 0 aliphatic carbocycles. The summed E-state index contributed by atoms with van der Waals surface area (Å²) in [4.78, 5) is 14.8. The van der Waals surface area contributed by atoms with E-state index >= 15 is 0 Å². The van der Waals surface area contributed by atoms with Crippen LogP contribution in [0.3, 0.4) is 0 Å². The van der Waals surface area contributed by atoms with Crippen molar-refractivity contribution in [3.63, 3.8) is 0 Å². The molecule has 174 valence electrons. The van der Waals surface area contributed by atoms with Gasteiger partial charge >= 0.3 is 0 Å². The molecule has 1 aliphatic heterocycles. The summed E-state index contributed by atoms with van der Waals surface area (Å²) in [7, 11) is -3.64. The Hall–Kier alpha value is -2.65. The van der Waals surface area contributed by atoms with Crippen LogP contribution in [0.5, 0.6) is 5.75 Å². The molecule has 3 rings (SSSR count). The second kappa shape index (κ2) is 10.8. The van der Waals surface area contributed by atoms with E-state index in [-0.39, 0.29) is 11.5 Å². The maximum Gasteiger partial charge on any atom is 0.262 e. The third kappa shape index (κ3) is 5.77. The van der Waals surface area contributed by atoms with Crippen LogP contribution < -0.4 is 15.0 Å². The van der Waals surface area contributed by atoms with E-state index in [0.717, 1.165) is 24.9 Å². The number of hydrogen-bond donors (Lipinski definition) is 1. The Kier molecular flexibility index (Phi) is 8.09. The Morgan fingerprint density at radius 3 is 2.34 bits per heavy atom. The highest BCUT2D eigenvalue weighted by atomic mass is 32.2. The second-order valence-corrected chi connectivity index (χ2v) is 9.54. The van der Waals surface area contributed by atoms with Crippen molar-refractivity contribution in [2.75, 3.05) is 43.0 Å². The molecule has 7 nitrogen and oxygen atoms in total. The molecule has 0 aromatic heterocycles. The summed E-state index contributed by atoms with van der Waals surface area (Å²) < 4.78 is 46.2. The first-order valence-corrected chi connectivity index (χ1v) is 12.4. The summed E-state index contributed by atoms with van der Waals surface area (Å²) in [5, 5.41) is 2.79. The maximum absolute atomic E-state index is 13.1. The molecule has 32 heavy (non-hydrogen) atoms. The van der Waals surface area contributed by atoms with Gasteiger partial charge in [0.25, 0.3) is 5.91 Å². The third-order valence-corrected chi connectivity index (χ3v) is 7.38. The zero-order chi connectivity index (χ0) is 23.1. The number of sulfonamides is 1. The molecule has 0 unspecified atom stereocenters. The molecule has 0 atom stereocenters. The first-order valence-electron chi connectivity index (χ1n) is 10.9. The summed E-state index contributed by atoms with van der Waals surface area (Å²) in [5.41, 5.74) is 1.15. The van der Waals surface area contributed by atoms with Crippen molar-refractivity contribution >= 4 is 27.3 Å². The molecule has 2 aromatic rings. The highest BCUT2D eigenvalue weighted by Gasteiger charge is 2.27. The number of carbonyl (C=O) groups is 1. The molecule has 2 aromatic carbocycles. The standard InChI is InChI=1S/C23H30FN3O4S/c1-3-26(4-2)22-13-12-20(32(29,30)27-14-6-5-7-15-27)16-21(22)25-23(28)17-31-19-10-8-18(24)9-11-19/h8-13,16H,3-7,14-15,17H2,1-2H3,(H,25,28). The van der Waals surface area contributed by atoms with E-state index in [1.54, 1.807) is 12.1 Å². The van der Waals surface area contributed by atoms with Crippen molar-refractivity contribution in [2.45, 2.75) is 38.0 Å². The van der Waals surface area contributed by atoms with E-state index in [2.05, 4.69) is 5.32 Å². The number of piperidine rings is 1. The van der Waals surface area contributed by atoms with Crippen LogP contribution in [0.15, 0.2) is 47.4 Å².